The molecule has 17 heavy (non-hydrogen) atoms. The molecule has 1 aromatic carbocycles. The number of nitrogens with two attached hydrogens (primary N) is 1. The molecule has 0 saturated carbocycles. The maximum atomic E-state index is 5.73. The number of thioether (sulfide) groups is 1. The van der Waals surface area contributed by atoms with Gasteiger partial charge in [0.25, 0.3) is 0 Å². The average molecular weight is 245 g/mol. The first-order chi connectivity index (χ1) is 8.25. The Morgan fingerprint density at radius 3 is 2.82 bits per heavy atom. The van der Waals surface area contributed by atoms with Crippen molar-refractivity contribution >= 4 is 28.3 Å². The highest BCUT2D eigenvalue weighted by Crippen LogP contribution is 2.40. The zero-order valence-corrected chi connectivity index (χ0v) is 10.6. The average Bonchev–Trinajstić information content (AvgIpc) is 2.66. The number of amidine groups is 1. The molecule has 0 bridgehead atoms. The van der Waals surface area contributed by atoms with Crippen LogP contribution in [0.25, 0.3) is 5.70 Å². The summed E-state index contributed by atoms with van der Waals surface area (Å²) < 4.78 is 0. The zero-order valence-electron chi connectivity index (χ0n) is 9.81. The number of nitrogen functional groups attached to an aromatic ring is 1. The molecule has 0 amide bonds. The van der Waals surface area contributed by atoms with Gasteiger partial charge in [-0.05, 0) is 31.0 Å². The molecule has 3 nitrogen and oxygen atoms in total. The van der Waals surface area contributed by atoms with Gasteiger partial charge in [-0.2, -0.15) is 0 Å². The molecular formula is C13H15N3S. The smallest absolute Gasteiger partial charge is 0.168 e. The second-order valence-corrected chi connectivity index (χ2v) is 5.48. The van der Waals surface area contributed by atoms with Gasteiger partial charge in [0.2, 0.25) is 0 Å². The molecule has 0 aromatic heterocycles. The predicted molar refractivity (Wildman–Crippen MR) is 74.7 cm³/mol. The van der Waals surface area contributed by atoms with Gasteiger partial charge in [0.1, 0.15) is 0 Å². The standard InChI is InChI=1S/C13H15N3S/c1-9-12(10-3-5-11(14)6-4-10)16-8-2-7-15-13(16)17-9/h3-6H,2,7-8,14H2,1H3. The van der Waals surface area contributed by atoms with Gasteiger partial charge in [-0.3, -0.25) is 4.99 Å². The Bertz CT molecular complexity index is 502. The first-order valence-corrected chi connectivity index (χ1v) is 6.64. The van der Waals surface area contributed by atoms with Crippen molar-refractivity contribution in [2.75, 3.05) is 18.8 Å². The van der Waals surface area contributed by atoms with Crippen molar-refractivity contribution in [2.45, 2.75) is 13.3 Å². The third-order valence-electron chi connectivity index (χ3n) is 3.05. The zero-order chi connectivity index (χ0) is 11.8. The molecule has 88 valence electrons. The van der Waals surface area contributed by atoms with Gasteiger partial charge in [0.05, 0.1) is 5.70 Å². The Morgan fingerprint density at radius 1 is 1.29 bits per heavy atom. The van der Waals surface area contributed by atoms with Crippen molar-refractivity contribution < 1.29 is 0 Å². The molecule has 2 heterocycles. The van der Waals surface area contributed by atoms with Crippen LogP contribution in [0.2, 0.25) is 0 Å². The van der Waals surface area contributed by atoms with Crippen LogP contribution >= 0.6 is 11.8 Å². The first-order valence-electron chi connectivity index (χ1n) is 5.82. The van der Waals surface area contributed by atoms with Crippen LogP contribution in [-0.4, -0.2) is 23.2 Å². The minimum atomic E-state index is 0.810. The van der Waals surface area contributed by atoms with Crippen molar-refractivity contribution in [2.24, 2.45) is 4.99 Å². The summed E-state index contributed by atoms with van der Waals surface area (Å²) in [6.07, 6.45) is 1.13. The molecule has 0 fully saturated rings. The molecule has 2 N–H and O–H groups in total. The van der Waals surface area contributed by atoms with Crippen molar-refractivity contribution in [3.05, 3.63) is 34.7 Å². The normalized spacial score (nSPS) is 19.4. The lowest BCUT2D eigenvalue weighted by atomic mass is 10.1. The summed E-state index contributed by atoms with van der Waals surface area (Å²) in [6.45, 7) is 4.20. The summed E-state index contributed by atoms with van der Waals surface area (Å²) in [4.78, 5) is 8.23. The maximum absolute atomic E-state index is 5.73. The molecule has 0 radical (unpaired) electrons. The highest BCUT2D eigenvalue weighted by molar-refractivity contribution is 8.17. The van der Waals surface area contributed by atoms with Crippen molar-refractivity contribution in [3.8, 4) is 0 Å². The fourth-order valence-corrected chi connectivity index (χ4v) is 3.30. The van der Waals surface area contributed by atoms with Crippen LogP contribution in [0.5, 0.6) is 0 Å². The largest absolute Gasteiger partial charge is 0.399 e. The summed E-state index contributed by atoms with van der Waals surface area (Å²) in [6, 6.07) is 8.09. The van der Waals surface area contributed by atoms with Gasteiger partial charge in [-0.25, -0.2) is 0 Å². The highest BCUT2D eigenvalue weighted by Gasteiger charge is 2.29. The van der Waals surface area contributed by atoms with Gasteiger partial charge < -0.3 is 10.6 Å². The summed E-state index contributed by atoms with van der Waals surface area (Å²) in [5.41, 5.74) is 9.08. The fourth-order valence-electron chi connectivity index (χ4n) is 2.25. The van der Waals surface area contributed by atoms with Crippen LogP contribution < -0.4 is 5.73 Å². The molecule has 2 aliphatic heterocycles. The molecular weight excluding hydrogens is 230 g/mol. The van der Waals surface area contributed by atoms with Crippen LogP contribution in [0.3, 0.4) is 0 Å². The molecule has 3 rings (SSSR count). The van der Waals surface area contributed by atoms with Crippen LogP contribution in [0.4, 0.5) is 5.69 Å². The number of fused-ring (bicyclic) bond motifs is 1. The quantitative estimate of drug-likeness (QED) is 0.774. The van der Waals surface area contributed by atoms with Gasteiger partial charge in [0, 0.05) is 23.7 Å². The lowest BCUT2D eigenvalue weighted by Crippen LogP contribution is -2.28. The molecule has 2 aliphatic rings. The summed E-state index contributed by atoms with van der Waals surface area (Å²) in [5, 5.41) is 1.15. The second-order valence-electron chi connectivity index (χ2n) is 4.30. The molecule has 0 spiro atoms. The minimum absolute atomic E-state index is 0.810. The highest BCUT2D eigenvalue weighted by atomic mass is 32.2. The number of hydrogen-bond acceptors (Lipinski definition) is 4. The Labute approximate surface area is 105 Å². The van der Waals surface area contributed by atoms with Crippen molar-refractivity contribution in [1.82, 2.24) is 4.90 Å². The Balaban J connectivity index is 2.02. The fraction of sp³-hybridized carbons (Fsp3) is 0.308. The molecule has 0 saturated heterocycles. The van der Waals surface area contributed by atoms with E-state index in [1.807, 2.05) is 12.1 Å². The SMILES string of the molecule is CC1=C(c2ccc(N)cc2)N2CCCN=C2S1. The number of hydrogen-bond donors (Lipinski definition) is 1. The van der Waals surface area contributed by atoms with Crippen molar-refractivity contribution in [3.63, 3.8) is 0 Å². The summed E-state index contributed by atoms with van der Waals surface area (Å²) in [7, 11) is 0. The van der Waals surface area contributed by atoms with E-state index in [1.54, 1.807) is 11.8 Å². The second kappa shape index (κ2) is 4.11. The number of anilines is 1. The summed E-state index contributed by atoms with van der Waals surface area (Å²) >= 11 is 1.78. The van der Waals surface area contributed by atoms with Crippen LogP contribution in [0, 0.1) is 0 Å². The van der Waals surface area contributed by atoms with E-state index in [-0.39, 0.29) is 0 Å². The van der Waals surface area contributed by atoms with Crippen LogP contribution in [0.15, 0.2) is 34.2 Å². The van der Waals surface area contributed by atoms with E-state index in [4.69, 9.17) is 5.73 Å². The number of rotatable bonds is 1. The van der Waals surface area contributed by atoms with Crippen LogP contribution in [-0.2, 0) is 0 Å². The van der Waals surface area contributed by atoms with E-state index >= 15 is 0 Å². The first kappa shape index (κ1) is 10.7. The van der Waals surface area contributed by atoms with Crippen molar-refractivity contribution in [1.29, 1.82) is 0 Å². The predicted octanol–water partition coefficient (Wildman–Crippen LogP) is 2.77. The van der Waals surface area contributed by atoms with E-state index < -0.39 is 0 Å². The van der Waals surface area contributed by atoms with E-state index in [1.165, 1.54) is 16.2 Å². The number of allylic oxidation sites excluding steroid dienone is 1. The third-order valence-corrected chi connectivity index (χ3v) is 4.08. The molecule has 0 aliphatic carbocycles. The topological polar surface area (TPSA) is 41.6 Å². The summed E-state index contributed by atoms with van der Waals surface area (Å²) in [5.74, 6) is 0. The molecule has 1 aromatic rings. The van der Waals surface area contributed by atoms with E-state index in [2.05, 4.69) is 28.9 Å². The van der Waals surface area contributed by atoms with Crippen LogP contribution in [0.1, 0.15) is 18.9 Å². The van der Waals surface area contributed by atoms with E-state index in [0.29, 0.717) is 0 Å². The van der Waals surface area contributed by atoms with Gasteiger partial charge in [-0.15, -0.1) is 0 Å². The van der Waals surface area contributed by atoms with Gasteiger partial charge in [0.15, 0.2) is 5.17 Å². The lowest BCUT2D eigenvalue weighted by molar-refractivity contribution is 0.541. The Kier molecular flexibility index (Phi) is 2.59. The van der Waals surface area contributed by atoms with Gasteiger partial charge >= 0.3 is 0 Å². The Hall–Kier alpha value is -1.42. The van der Waals surface area contributed by atoms with E-state index in [9.17, 15) is 0 Å². The lowest BCUT2D eigenvalue weighted by Gasteiger charge is -2.25. The number of nitrogens with zero attached hydrogens (tertiary/aromatic N) is 2. The number of aliphatic imine (C=N–C) groups is 1. The third kappa shape index (κ3) is 1.82. The van der Waals surface area contributed by atoms with Gasteiger partial charge in [-0.1, -0.05) is 23.9 Å². The molecule has 0 unspecified atom stereocenters. The maximum Gasteiger partial charge on any atom is 0.168 e. The minimum Gasteiger partial charge on any atom is -0.399 e. The monoisotopic (exact) mass is 245 g/mol. The Morgan fingerprint density at radius 2 is 2.06 bits per heavy atom. The molecule has 4 heteroatoms. The number of benzene rings is 1. The van der Waals surface area contributed by atoms with E-state index in [0.717, 1.165) is 30.4 Å². The molecule has 0 atom stereocenters.